The van der Waals surface area contributed by atoms with Crippen molar-refractivity contribution in [1.29, 1.82) is 0 Å². The van der Waals surface area contributed by atoms with Gasteiger partial charge in [0.2, 0.25) is 0 Å². The Morgan fingerprint density at radius 1 is 0.442 bits per heavy atom. The molecule has 2 atom stereocenters. The Balaban J connectivity index is 0.000000220. The van der Waals surface area contributed by atoms with Crippen LogP contribution < -0.4 is 0 Å². The molecule has 8 rings (SSSR count). The monoisotopic (exact) mass is 764 g/mol. The van der Waals surface area contributed by atoms with E-state index in [9.17, 15) is 0 Å². The van der Waals surface area contributed by atoms with E-state index in [0.29, 0.717) is 7.25 Å². The molecule has 6 aromatic carbocycles. The summed E-state index contributed by atoms with van der Waals surface area (Å²) in [6.45, 7) is 10.1. The number of fused-ring (bicyclic) bond motifs is 2. The van der Waals surface area contributed by atoms with Crippen LogP contribution in [0.25, 0.3) is 46.6 Å². The number of benzene rings is 6. The van der Waals surface area contributed by atoms with Gasteiger partial charge in [-0.05, 0) is 11.1 Å². The van der Waals surface area contributed by atoms with Gasteiger partial charge in [-0.1, -0.05) is 85.0 Å². The van der Waals surface area contributed by atoms with Gasteiger partial charge in [-0.2, -0.15) is 0 Å². The third-order valence-electron chi connectivity index (χ3n) is 10.2. The molecule has 0 saturated carbocycles. The van der Waals surface area contributed by atoms with E-state index in [1.54, 1.807) is 22.3 Å². The summed E-state index contributed by atoms with van der Waals surface area (Å²) in [5.41, 5.74) is 16.8. The molecule has 0 nitrogen and oxygen atoms in total. The summed E-state index contributed by atoms with van der Waals surface area (Å²) in [5.74, 6) is 0. The van der Waals surface area contributed by atoms with Gasteiger partial charge in [0, 0.05) is 0 Å². The zero-order valence-electron chi connectivity index (χ0n) is 30.6. The molecular weight excluding hydrogens is 720 g/mol. The fraction of sp³-hybridized carbons (Fsp3) is 0.120. The number of rotatable bonds is 7. The van der Waals surface area contributed by atoms with Gasteiger partial charge in [-0.25, -0.2) is 0 Å². The van der Waals surface area contributed by atoms with Gasteiger partial charge in [0.05, 0.1) is 0 Å². The first kappa shape index (κ1) is 35.8. The number of hydrogen-bond acceptors (Lipinski definition) is 0. The fourth-order valence-corrected chi connectivity index (χ4v) is 28.6. The Bertz CT molecular complexity index is 2150. The Morgan fingerprint density at radius 3 is 1.17 bits per heavy atom. The Kier molecular flexibility index (Phi) is 11.6. The molecule has 0 radical (unpaired) electrons. The molecule has 2 unspecified atom stereocenters. The maximum absolute atomic E-state index is 2.61. The van der Waals surface area contributed by atoms with Crippen LogP contribution in [0, 0.1) is 0 Å². The summed E-state index contributed by atoms with van der Waals surface area (Å²) in [5, 5.41) is 0. The summed E-state index contributed by atoms with van der Waals surface area (Å²) < 4.78 is 1.32. The average molecular weight is 766 g/mol. The second-order valence-electron chi connectivity index (χ2n) is 14.0. The number of allylic oxidation sites excluding steroid dienone is 4. The van der Waals surface area contributed by atoms with Gasteiger partial charge in [0.1, 0.15) is 0 Å². The molecule has 0 spiro atoms. The molecule has 0 bridgehead atoms. The van der Waals surface area contributed by atoms with Crippen LogP contribution in [0.5, 0.6) is 0 Å². The summed E-state index contributed by atoms with van der Waals surface area (Å²) in [6.07, 6.45) is 13.4. The van der Waals surface area contributed by atoms with Crippen LogP contribution in [0.2, 0.25) is 13.1 Å². The van der Waals surface area contributed by atoms with Crippen LogP contribution in [0.4, 0.5) is 0 Å². The molecule has 2 heteroatoms. The summed E-state index contributed by atoms with van der Waals surface area (Å²) in [4.78, 5) is 0. The van der Waals surface area contributed by atoms with E-state index in [1.165, 1.54) is 44.5 Å². The van der Waals surface area contributed by atoms with E-state index >= 15 is 0 Å². The minimum atomic E-state index is -2.04. The van der Waals surface area contributed by atoms with Crippen LogP contribution in [0.15, 0.2) is 181 Å². The normalized spacial score (nSPS) is 15.8. The first-order valence-corrected chi connectivity index (χ1v) is 27.4. The van der Waals surface area contributed by atoms with Crippen molar-refractivity contribution >= 4 is 29.7 Å². The molecule has 6 aromatic rings. The first-order valence-electron chi connectivity index (χ1n) is 18.3. The maximum atomic E-state index is 2.61. The molecule has 0 saturated heterocycles. The van der Waals surface area contributed by atoms with E-state index < -0.39 is 25.8 Å². The molecule has 0 heterocycles. The van der Waals surface area contributed by atoms with Crippen molar-refractivity contribution in [1.82, 2.24) is 0 Å². The van der Waals surface area contributed by atoms with Crippen molar-refractivity contribution in [2.75, 3.05) is 0 Å². The van der Waals surface area contributed by atoms with Gasteiger partial charge < -0.3 is 0 Å². The van der Waals surface area contributed by atoms with Gasteiger partial charge >= 0.3 is 225 Å². The Hall–Kier alpha value is -4.62. The first-order chi connectivity index (χ1) is 25.5. The van der Waals surface area contributed by atoms with Crippen LogP contribution in [0.3, 0.4) is 0 Å². The zero-order valence-corrected chi connectivity index (χ0v) is 34.1. The fourth-order valence-electron chi connectivity index (χ4n) is 7.87. The van der Waals surface area contributed by atoms with Gasteiger partial charge in [0.25, 0.3) is 0 Å². The molecule has 0 aromatic heterocycles. The van der Waals surface area contributed by atoms with Gasteiger partial charge in [-0.15, -0.1) is 0 Å². The van der Waals surface area contributed by atoms with Crippen molar-refractivity contribution in [3.8, 4) is 22.3 Å². The topological polar surface area (TPSA) is 0 Å². The predicted molar refractivity (Wildman–Crippen MR) is 225 cm³/mol. The van der Waals surface area contributed by atoms with Crippen LogP contribution in [-0.2, 0) is 20.4 Å². The molecule has 254 valence electrons. The summed E-state index contributed by atoms with van der Waals surface area (Å²) in [6, 6.07) is 56.6. The standard InChI is InChI=1S/2C16H13.C16H14.C2H6Si.Zr/c2*1-12-10-14-8-5-9-15(16(14)11-12)13-6-3-2-4-7-13;1-3-9-15(10-4-1)13-7-8-14-16-11-5-2-6-12-16;1-3-2;/h2*2-11H,1H3;1-14H;1-2H3;. The molecule has 52 heavy (non-hydrogen) atoms. The van der Waals surface area contributed by atoms with Crippen LogP contribution >= 0.6 is 0 Å². The molecule has 2 aliphatic rings. The van der Waals surface area contributed by atoms with E-state index in [1.807, 2.05) is 36.4 Å². The second kappa shape index (κ2) is 16.8. The Labute approximate surface area is 318 Å². The quantitative estimate of drug-likeness (QED) is 0.112. The minimum absolute atomic E-state index is 0.426. The second-order valence-corrected chi connectivity index (χ2v) is 31.9. The van der Waals surface area contributed by atoms with E-state index in [2.05, 4.69) is 185 Å². The average Bonchev–Trinajstić information content (AvgIpc) is 3.70. The van der Waals surface area contributed by atoms with E-state index in [4.69, 9.17) is 0 Å². The van der Waals surface area contributed by atoms with E-state index in [0.717, 1.165) is 0 Å². The van der Waals surface area contributed by atoms with Gasteiger partial charge in [0.15, 0.2) is 0 Å². The summed E-state index contributed by atoms with van der Waals surface area (Å²) in [7, 11) is 0. The predicted octanol–water partition coefficient (Wildman–Crippen LogP) is 13.9. The van der Waals surface area contributed by atoms with Crippen molar-refractivity contribution in [3.05, 3.63) is 214 Å². The van der Waals surface area contributed by atoms with Crippen LogP contribution in [-0.4, -0.2) is 5.43 Å². The van der Waals surface area contributed by atoms with Crippen molar-refractivity contribution in [2.45, 2.75) is 34.2 Å². The SMILES string of the molecule is C(C=Cc1ccccc1)=Cc1ccccc1.CC1=Cc2c(-c3ccccc3)cccc2[CH]1[Zr]([CH]1C(C)=Cc2c(-c3ccccc3)cccc21)=[Si](C)C. The summed E-state index contributed by atoms with van der Waals surface area (Å²) >= 11 is -2.04. The molecule has 0 amide bonds. The third kappa shape index (κ3) is 7.90. The van der Waals surface area contributed by atoms with Crippen LogP contribution in [0.1, 0.15) is 54.5 Å². The molecule has 0 fully saturated rings. The molecule has 0 aliphatic heterocycles. The molecular formula is C50H46SiZr. The van der Waals surface area contributed by atoms with Crippen molar-refractivity contribution in [2.24, 2.45) is 0 Å². The van der Waals surface area contributed by atoms with E-state index in [-0.39, 0.29) is 0 Å². The molecule has 2 aliphatic carbocycles. The number of hydrogen-bond donors (Lipinski definition) is 0. The Morgan fingerprint density at radius 2 is 0.808 bits per heavy atom. The van der Waals surface area contributed by atoms with Gasteiger partial charge in [-0.3, -0.25) is 0 Å². The third-order valence-corrected chi connectivity index (χ3v) is 30.1. The van der Waals surface area contributed by atoms with Crippen molar-refractivity contribution in [3.63, 3.8) is 0 Å². The van der Waals surface area contributed by atoms with Crippen molar-refractivity contribution < 1.29 is 20.4 Å². The zero-order chi connectivity index (χ0) is 35.9. The molecule has 0 N–H and O–H groups in total.